The van der Waals surface area contributed by atoms with Gasteiger partial charge in [-0.15, -0.1) is 0 Å². The van der Waals surface area contributed by atoms with Crippen molar-refractivity contribution in [2.75, 3.05) is 17.2 Å². The third-order valence-electron chi connectivity index (χ3n) is 9.21. The van der Waals surface area contributed by atoms with Crippen LogP contribution in [0.2, 0.25) is 0 Å². The molecule has 4 aliphatic rings. The van der Waals surface area contributed by atoms with Crippen LogP contribution in [0.1, 0.15) is 45.5 Å². The molecule has 0 aromatic heterocycles. The van der Waals surface area contributed by atoms with Crippen molar-refractivity contribution in [3.8, 4) is 0 Å². The molecule has 0 radical (unpaired) electrons. The number of halogens is 1. The van der Waals surface area contributed by atoms with Crippen LogP contribution >= 0.6 is 15.9 Å². The van der Waals surface area contributed by atoms with E-state index in [1.54, 1.807) is 12.1 Å². The number of benzene rings is 3. The molecule has 3 aromatic rings. The smallest absolute Gasteiger partial charge is 0.251 e. The molecule has 4 heterocycles. The van der Waals surface area contributed by atoms with E-state index in [2.05, 4.69) is 31.5 Å². The van der Waals surface area contributed by atoms with Crippen molar-refractivity contribution in [3.63, 3.8) is 0 Å². The number of carbonyl (C=O) groups is 3. The highest BCUT2D eigenvalue weighted by atomic mass is 79.9. The van der Waals surface area contributed by atoms with Crippen LogP contribution in [0.3, 0.4) is 0 Å². The number of para-hydroxylation sites is 1. The lowest BCUT2D eigenvalue weighted by molar-refractivity contribution is -0.137. The number of ketones is 1. The number of anilines is 2. The van der Waals surface area contributed by atoms with E-state index in [0.717, 1.165) is 45.3 Å². The number of nitrogens with zero attached hydrogens (tertiary/aromatic N) is 1. The molecule has 0 saturated carbocycles. The molecule has 3 aromatic carbocycles. The van der Waals surface area contributed by atoms with Gasteiger partial charge < -0.3 is 10.6 Å². The van der Waals surface area contributed by atoms with Gasteiger partial charge >= 0.3 is 0 Å². The molecule has 2 fully saturated rings. The lowest BCUT2D eigenvalue weighted by atomic mass is 9.57. The molecule has 2 spiro atoms. The summed E-state index contributed by atoms with van der Waals surface area (Å²) < 4.78 is 0.878. The van der Waals surface area contributed by atoms with Crippen molar-refractivity contribution in [1.82, 2.24) is 4.90 Å². The van der Waals surface area contributed by atoms with E-state index >= 15 is 0 Å². The first-order valence-electron chi connectivity index (χ1n) is 12.7. The fourth-order valence-corrected chi connectivity index (χ4v) is 7.95. The van der Waals surface area contributed by atoms with Crippen LogP contribution in [0.15, 0.2) is 65.1 Å². The van der Waals surface area contributed by atoms with Gasteiger partial charge in [0.1, 0.15) is 11.0 Å². The molecular weight excluding hydrogens is 530 g/mol. The second-order valence-electron chi connectivity index (χ2n) is 10.7. The van der Waals surface area contributed by atoms with E-state index < -0.39 is 16.9 Å². The number of Topliss-reactive ketones (excluding diaryl/α,β-unsaturated/α-hetero) is 1. The SMILES string of the molecule is Cc1ccc2c(c1C)NC(=O)C21N2CCCC2C(C(=O)c2ccc(Br)cc2)C12C(=O)Nc1ccccc12. The highest BCUT2D eigenvalue weighted by Crippen LogP contribution is 2.68. The Morgan fingerprint density at radius 3 is 2.49 bits per heavy atom. The number of hydrogen-bond donors (Lipinski definition) is 2. The highest BCUT2D eigenvalue weighted by Gasteiger charge is 2.81. The van der Waals surface area contributed by atoms with Crippen LogP contribution in [0, 0.1) is 19.8 Å². The molecule has 7 rings (SSSR count). The summed E-state index contributed by atoms with van der Waals surface area (Å²) in [6.45, 7) is 4.67. The number of carbonyl (C=O) groups excluding carboxylic acids is 3. The van der Waals surface area contributed by atoms with Gasteiger partial charge in [0.15, 0.2) is 5.78 Å². The topological polar surface area (TPSA) is 78.5 Å². The van der Waals surface area contributed by atoms with E-state index in [1.165, 1.54) is 0 Å². The van der Waals surface area contributed by atoms with Gasteiger partial charge in [-0.2, -0.15) is 0 Å². The Morgan fingerprint density at radius 2 is 1.70 bits per heavy atom. The summed E-state index contributed by atoms with van der Waals surface area (Å²) in [5, 5.41) is 6.27. The fraction of sp³-hybridized carbons (Fsp3) is 0.300. The minimum Gasteiger partial charge on any atom is -0.325 e. The molecule has 7 heteroatoms. The predicted octanol–water partition coefficient (Wildman–Crippen LogP) is 5.08. The van der Waals surface area contributed by atoms with E-state index in [-0.39, 0.29) is 23.6 Å². The summed E-state index contributed by atoms with van der Waals surface area (Å²) in [6, 6.07) is 18.7. The first-order valence-corrected chi connectivity index (χ1v) is 13.5. The van der Waals surface area contributed by atoms with Crippen molar-refractivity contribution in [3.05, 3.63) is 93.0 Å². The van der Waals surface area contributed by atoms with Crippen molar-refractivity contribution in [1.29, 1.82) is 0 Å². The number of fused-ring (bicyclic) bond motifs is 7. The average molecular weight is 556 g/mol. The summed E-state index contributed by atoms with van der Waals surface area (Å²) in [6.07, 6.45) is 1.61. The lowest BCUT2D eigenvalue weighted by Gasteiger charge is -2.43. The molecule has 4 atom stereocenters. The standard InChI is InChI=1S/C30H26BrN3O3/c1-16-9-14-21-25(17(16)2)33-28(37)30(21)29(20-6-3-4-7-22(20)32-27(29)36)24(23-8-5-15-34(23)30)26(35)18-10-12-19(31)13-11-18/h3-4,6-7,9-14,23-24H,5,8,15H2,1-2H3,(H,32,36)(H,33,37). The molecular formula is C30H26BrN3O3. The summed E-state index contributed by atoms with van der Waals surface area (Å²) in [5.74, 6) is -1.32. The van der Waals surface area contributed by atoms with E-state index in [9.17, 15) is 14.4 Å². The Bertz CT molecular complexity index is 1530. The molecule has 6 nitrogen and oxygen atoms in total. The monoisotopic (exact) mass is 555 g/mol. The number of hydrogen-bond acceptors (Lipinski definition) is 4. The van der Waals surface area contributed by atoms with Gasteiger partial charge in [-0.05, 0) is 68.1 Å². The maximum atomic E-state index is 14.5. The fourth-order valence-electron chi connectivity index (χ4n) is 7.69. The normalized spacial score (nSPS) is 29.4. The average Bonchev–Trinajstić information content (AvgIpc) is 3.61. The highest BCUT2D eigenvalue weighted by molar-refractivity contribution is 9.10. The summed E-state index contributed by atoms with van der Waals surface area (Å²) in [4.78, 5) is 45.7. The Hall–Kier alpha value is -3.29. The van der Waals surface area contributed by atoms with Crippen molar-refractivity contribution in [2.45, 2.75) is 43.7 Å². The van der Waals surface area contributed by atoms with Gasteiger partial charge in [0.25, 0.3) is 5.91 Å². The van der Waals surface area contributed by atoms with Crippen LogP contribution in [0.5, 0.6) is 0 Å². The molecule has 0 aliphatic carbocycles. The van der Waals surface area contributed by atoms with Gasteiger partial charge in [-0.25, -0.2) is 0 Å². The lowest BCUT2D eigenvalue weighted by Crippen LogP contribution is -2.62. The molecule has 0 bridgehead atoms. The van der Waals surface area contributed by atoms with Crippen LogP contribution < -0.4 is 10.6 Å². The maximum Gasteiger partial charge on any atom is 0.251 e. The molecule has 186 valence electrons. The first kappa shape index (κ1) is 22.9. The second-order valence-corrected chi connectivity index (χ2v) is 11.6. The zero-order chi connectivity index (χ0) is 25.7. The number of aryl methyl sites for hydroxylation is 1. The largest absolute Gasteiger partial charge is 0.325 e. The van der Waals surface area contributed by atoms with Crippen molar-refractivity contribution in [2.24, 2.45) is 5.92 Å². The Labute approximate surface area is 223 Å². The second kappa shape index (κ2) is 7.62. The molecule has 2 N–H and O–H groups in total. The Kier molecular flexibility index (Phi) is 4.71. The summed E-state index contributed by atoms with van der Waals surface area (Å²) in [5.41, 5.74) is 2.84. The Balaban J connectivity index is 1.59. The molecule has 4 unspecified atom stereocenters. The van der Waals surface area contributed by atoms with Gasteiger partial charge in [0.2, 0.25) is 5.91 Å². The van der Waals surface area contributed by atoms with Gasteiger partial charge in [-0.1, -0.05) is 58.4 Å². The number of amides is 2. The minimum absolute atomic E-state index is 0.0989. The van der Waals surface area contributed by atoms with Gasteiger partial charge in [-0.3, -0.25) is 19.3 Å². The van der Waals surface area contributed by atoms with E-state index in [4.69, 9.17) is 0 Å². The van der Waals surface area contributed by atoms with Crippen molar-refractivity contribution >= 4 is 44.9 Å². The zero-order valence-electron chi connectivity index (χ0n) is 20.6. The molecule has 4 aliphatic heterocycles. The van der Waals surface area contributed by atoms with E-state index in [1.807, 2.05) is 62.4 Å². The van der Waals surface area contributed by atoms with Crippen molar-refractivity contribution < 1.29 is 14.4 Å². The predicted molar refractivity (Wildman–Crippen MR) is 145 cm³/mol. The Morgan fingerprint density at radius 1 is 0.946 bits per heavy atom. The number of nitrogens with one attached hydrogen (secondary N) is 2. The summed E-state index contributed by atoms with van der Waals surface area (Å²) >= 11 is 3.46. The van der Waals surface area contributed by atoms with Gasteiger partial charge in [0, 0.05) is 33.0 Å². The zero-order valence-corrected chi connectivity index (χ0v) is 22.2. The third-order valence-corrected chi connectivity index (χ3v) is 9.74. The van der Waals surface area contributed by atoms with Crippen LogP contribution in [0.4, 0.5) is 11.4 Å². The van der Waals surface area contributed by atoms with Crippen LogP contribution in [-0.4, -0.2) is 35.1 Å². The summed E-state index contributed by atoms with van der Waals surface area (Å²) in [7, 11) is 0. The quantitative estimate of drug-likeness (QED) is 0.432. The third kappa shape index (κ3) is 2.56. The molecule has 2 saturated heterocycles. The molecule has 2 amide bonds. The maximum absolute atomic E-state index is 14.5. The van der Waals surface area contributed by atoms with E-state index in [0.29, 0.717) is 17.8 Å². The first-order chi connectivity index (χ1) is 17.8. The van der Waals surface area contributed by atoms with Gasteiger partial charge in [0.05, 0.1) is 5.92 Å². The minimum atomic E-state index is -1.41. The number of rotatable bonds is 2. The molecule has 37 heavy (non-hydrogen) atoms. The van der Waals surface area contributed by atoms with Crippen LogP contribution in [0.25, 0.3) is 0 Å². The van der Waals surface area contributed by atoms with Crippen LogP contribution in [-0.2, 0) is 20.5 Å².